The molecule has 3 amide bonds. The van der Waals surface area contributed by atoms with Crippen LogP contribution >= 0.6 is 0 Å². The summed E-state index contributed by atoms with van der Waals surface area (Å²) in [5.74, 6) is 2.39. The fraction of sp³-hybridized carbons (Fsp3) is 0.542. The van der Waals surface area contributed by atoms with E-state index < -0.39 is 5.66 Å². The van der Waals surface area contributed by atoms with Crippen molar-refractivity contribution >= 4 is 23.4 Å². The molecular formula is C24H28N6O3. The number of H-pyrrole nitrogens is 1. The molecule has 9 nitrogen and oxygen atoms in total. The Kier molecular flexibility index (Phi) is 4.57. The molecule has 1 aromatic carbocycles. The van der Waals surface area contributed by atoms with Crippen molar-refractivity contribution in [2.75, 3.05) is 24.5 Å². The number of para-hydroxylation sites is 1. The van der Waals surface area contributed by atoms with Crippen LogP contribution in [0.25, 0.3) is 0 Å². The Morgan fingerprint density at radius 3 is 2.64 bits per heavy atom. The highest BCUT2D eigenvalue weighted by molar-refractivity contribution is 6.11. The van der Waals surface area contributed by atoms with Crippen LogP contribution in [0.2, 0.25) is 0 Å². The van der Waals surface area contributed by atoms with Crippen LogP contribution in [0.15, 0.2) is 24.3 Å². The molecule has 0 bridgehead atoms. The minimum Gasteiger partial charge on any atom is -0.341 e. The van der Waals surface area contributed by atoms with E-state index in [0.29, 0.717) is 43.1 Å². The van der Waals surface area contributed by atoms with Crippen LogP contribution in [0.1, 0.15) is 79.3 Å². The van der Waals surface area contributed by atoms with Gasteiger partial charge in [0.05, 0.1) is 11.3 Å². The lowest BCUT2D eigenvalue weighted by atomic mass is 9.95. The van der Waals surface area contributed by atoms with Crippen molar-refractivity contribution in [3.8, 4) is 0 Å². The number of aromatic amines is 1. The molecule has 1 N–H and O–H groups in total. The van der Waals surface area contributed by atoms with Crippen molar-refractivity contribution in [1.82, 2.24) is 25.0 Å². The molecule has 0 spiro atoms. The number of likely N-dealkylation sites (tertiary alicyclic amines) is 1. The van der Waals surface area contributed by atoms with E-state index in [2.05, 4.69) is 15.2 Å². The quantitative estimate of drug-likeness (QED) is 0.774. The number of rotatable bonds is 4. The largest absolute Gasteiger partial charge is 0.341 e. The van der Waals surface area contributed by atoms with Gasteiger partial charge in [0.15, 0.2) is 5.82 Å². The molecule has 9 heteroatoms. The minimum atomic E-state index is -0.810. The van der Waals surface area contributed by atoms with E-state index in [4.69, 9.17) is 0 Å². The molecular weight excluding hydrogens is 420 g/mol. The minimum absolute atomic E-state index is 0.00617. The summed E-state index contributed by atoms with van der Waals surface area (Å²) in [6.45, 7) is 3.13. The Labute approximate surface area is 192 Å². The maximum absolute atomic E-state index is 13.4. The van der Waals surface area contributed by atoms with Crippen molar-refractivity contribution in [3.05, 3.63) is 41.5 Å². The summed E-state index contributed by atoms with van der Waals surface area (Å²) in [5.41, 5.74) is 0.318. The summed E-state index contributed by atoms with van der Waals surface area (Å²) in [7, 11) is 0. The highest BCUT2D eigenvalue weighted by atomic mass is 16.2. The second-order valence-electron chi connectivity index (χ2n) is 9.86. The highest BCUT2D eigenvalue weighted by Gasteiger charge is 2.53. The molecule has 3 aliphatic heterocycles. The average Bonchev–Trinajstić information content (AvgIpc) is 3.48. The van der Waals surface area contributed by atoms with E-state index >= 15 is 0 Å². The first-order valence-corrected chi connectivity index (χ1v) is 11.9. The van der Waals surface area contributed by atoms with Crippen molar-refractivity contribution in [1.29, 1.82) is 0 Å². The first kappa shape index (κ1) is 20.4. The maximum atomic E-state index is 13.4. The molecule has 1 aliphatic carbocycles. The average molecular weight is 449 g/mol. The second-order valence-corrected chi connectivity index (χ2v) is 9.86. The van der Waals surface area contributed by atoms with Gasteiger partial charge in [-0.25, -0.2) is 4.98 Å². The summed E-state index contributed by atoms with van der Waals surface area (Å²) in [6.07, 6.45) is 4.88. The van der Waals surface area contributed by atoms with E-state index in [0.717, 1.165) is 24.5 Å². The topological polar surface area (TPSA) is 102 Å². The third kappa shape index (κ3) is 3.24. The van der Waals surface area contributed by atoms with Crippen LogP contribution in [0, 0.1) is 0 Å². The summed E-state index contributed by atoms with van der Waals surface area (Å²) < 4.78 is 0. The Hall–Kier alpha value is -3.23. The van der Waals surface area contributed by atoms with Gasteiger partial charge in [0.2, 0.25) is 11.8 Å². The molecule has 172 valence electrons. The van der Waals surface area contributed by atoms with Gasteiger partial charge in [0, 0.05) is 31.3 Å². The number of benzene rings is 1. The van der Waals surface area contributed by atoms with Gasteiger partial charge in [-0.3, -0.25) is 24.4 Å². The number of nitrogens with zero attached hydrogens (tertiary/aromatic N) is 5. The van der Waals surface area contributed by atoms with Gasteiger partial charge in [0.25, 0.3) is 5.91 Å². The fourth-order valence-corrected chi connectivity index (χ4v) is 5.57. The lowest BCUT2D eigenvalue weighted by Crippen LogP contribution is -2.64. The predicted octanol–water partition coefficient (Wildman–Crippen LogP) is 2.39. The Balaban J connectivity index is 1.16. The molecule has 1 saturated carbocycles. The van der Waals surface area contributed by atoms with Gasteiger partial charge in [-0.15, -0.1) is 0 Å². The standard InChI is InChI=1S/C24H28N6O3/c1-24-11-8-19(31)30(24)18-5-3-2-4-17(18)23(33)29(24)14-20(32)28-12-9-16(10-13-28)22-25-21(26-27-22)15-6-7-15/h2-5,15-16H,6-14H2,1H3,(H,25,26,27). The van der Waals surface area contributed by atoms with Crippen LogP contribution in [0.4, 0.5) is 5.69 Å². The van der Waals surface area contributed by atoms with E-state index in [9.17, 15) is 14.4 Å². The fourth-order valence-electron chi connectivity index (χ4n) is 5.57. The zero-order valence-electron chi connectivity index (χ0n) is 18.8. The molecule has 4 heterocycles. The number of carbonyl (C=O) groups is 3. The molecule has 6 rings (SSSR count). The summed E-state index contributed by atoms with van der Waals surface area (Å²) in [6, 6.07) is 7.18. The van der Waals surface area contributed by atoms with Crippen molar-refractivity contribution in [3.63, 3.8) is 0 Å². The van der Waals surface area contributed by atoms with Crippen LogP contribution in [-0.4, -0.2) is 68.0 Å². The number of carbonyl (C=O) groups excluding carboxylic acids is 3. The molecule has 33 heavy (non-hydrogen) atoms. The number of fused-ring (bicyclic) bond motifs is 3. The van der Waals surface area contributed by atoms with E-state index in [1.165, 1.54) is 12.8 Å². The Morgan fingerprint density at radius 1 is 1.12 bits per heavy atom. The van der Waals surface area contributed by atoms with Crippen LogP contribution in [0.3, 0.4) is 0 Å². The van der Waals surface area contributed by atoms with Crippen LogP contribution in [0.5, 0.6) is 0 Å². The maximum Gasteiger partial charge on any atom is 0.258 e. The second kappa shape index (κ2) is 7.40. The molecule has 2 saturated heterocycles. The molecule has 0 radical (unpaired) electrons. The van der Waals surface area contributed by atoms with Gasteiger partial charge in [0.1, 0.15) is 18.0 Å². The Morgan fingerprint density at radius 2 is 1.88 bits per heavy atom. The number of nitrogens with one attached hydrogen (secondary N) is 1. The molecule has 4 aliphatic rings. The first-order chi connectivity index (χ1) is 16.0. The lowest BCUT2D eigenvalue weighted by Gasteiger charge is -2.48. The molecule has 1 atom stereocenters. The summed E-state index contributed by atoms with van der Waals surface area (Å²) in [5, 5.41) is 7.46. The van der Waals surface area contributed by atoms with Gasteiger partial charge >= 0.3 is 0 Å². The van der Waals surface area contributed by atoms with Gasteiger partial charge < -0.3 is 9.80 Å². The number of amides is 3. The van der Waals surface area contributed by atoms with Gasteiger partial charge in [-0.1, -0.05) is 12.1 Å². The SMILES string of the molecule is CC12CCC(=O)N1c1ccccc1C(=O)N2CC(=O)N1CCC(c2nc(C3CC3)n[nH]2)CC1. The highest BCUT2D eigenvalue weighted by Crippen LogP contribution is 2.44. The molecule has 1 unspecified atom stereocenters. The molecule has 1 aromatic heterocycles. The normalized spacial score (nSPS) is 25.4. The first-order valence-electron chi connectivity index (χ1n) is 11.9. The van der Waals surface area contributed by atoms with Gasteiger partial charge in [-0.05, 0) is 51.2 Å². The zero-order valence-corrected chi connectivity index (χ0v) is 18.8. The zero-order chi connectivity index (χ0) is 22.7. The van der Waals surface area contributed by atoms with E-state index in [1.807, 2.05) is 24.0 Å². The predicted molar refractivity (Wildman–Crippen MR) is 120 cm³/mol. The van der Waals surface area contributed by atoms with Gasteiger partial charge in [-0.2, -0.15) is 5.10 Å². The summed E-state index contributed by atoms with van der Waals surface area (Å²) >= 11 is 0. The van der Waals surface area contributed by atoms with E-state index in [-0.39, 0.29) is 30.2 Å². The number of piperidine rings is 1. The van der Waals surface area contributed by atoms with Crippen molar-refractivity contribution in [2.45, 2.75) is 62.9 Å². The van der Waals surface area contributed by atoms with Crippen LogP contribution < -0.4 is 4.90 Å². The number of hydrogen-bond donors (Lipinski definition) is 1. The smallest absolute Gasteiger partial charge is 0.258 e. The number of anilines is 1. The van der Waals surface area contributed by atoms with Crippen molar-refractivity contribution in [2.24, 2.45) is 0 Å². The lowest BCUT2D eigenvalue weighted by molar-refractivity contribution is -0.134. The third-order valence-electron chi connectivity index (χ3n) is 7.74. The van der Waals surface area contributed by atoms with Crippen molar-refractivity contribution < 1.29 is 14.4 Å². The number of aromatic nitrogens is 3. The molecule has 2 aromatic rings. The van der Waals surface area contributed by atoms with Crippen LogP contribution in [-0.2, 0) is 9.59 Å². The Bertz CT molecular complexity index is 1130. The third-order valence-corrected chi connectivity index (χ3v) is 7.74. The monoisotopic (exact) mass is 448 g/mol. The molecule has 3 fully saturated rings. The summed E-state index contributed by atoms with van der Waals surface area (Å²) in [4.78, 5) is 49.2. The van der Waals surface area contributed by atoms with E-state index in [1.54, 1.807) is 21.9 Å². The number of hydrogen-bond acceptors (Lipinski definition) is 5.